The lowest BCUT2D eigenvalue weighted by Crippen LogP contribution is -2.59. The van der Waals surface area contributed by atoms with E-state index in [0.717, 1.165) is 32.1 Å². The summed E-state index contributed by atoms with van der Waals surface area (Å²) in [6.45, 7) is 0. The van der Waals surface area contributed by atoms with Crippen molar-refractivity contribution in [3.63, 3.8) is 0 Å². The van der Waals surface area contributed by atoms with Gasteiger partial charge in [-0.3, -0.25) is 4.79 Å². The van der Waals surface area contributed by atoms with Crippen LogP contribution in [-0.4, -0.2) is 15.7 Å². The molecular weight excluding hydrogens is 271 g/mol. The average molecular weight is 285 g/mol. The summed E-state index contributed by atoms with van der Waals surface area (Å²) in [4.78, 5) is 12.5. The van der Waals surface area contributed by atoms with E-state index in [1.54, 1.807) is 12.1 Å². The standard InChI is InChI=1S/C14H14Cl2O2/c15-14(16)12(17)10-6-2-3-7-11(10)18-13(14)8-4-1-5-9-13/h2-3,6-7H,1,4-5,8-9H2. The molecule has 0 unspecified atom stereocenters. The Morgan fingerprint density at radius 1 is 1.06 bits per heavy atom. The fraction of sp³-hybridized carbons (Fsp3) is 0.500. The van der Waals surface area contributed by atoms with Crippen LogP contribution in [0.1, 0.15) is 42.5 Å². The Bertz CT molecular complexity index is 490. The smallest absolute Gasteiger partial charge is 0.219 e. The average Bonchev–Trinajstić information content (AvgIpc) is 2.38. The second kappa shape index (κ2) is 4.14. The van der Waals surface area contributed by atoms with Crippen molar-refractivity contribution in [3.05, 3.63) is 29.8 Å². The van der Waals surface area contributed by atoms with E-state index in [9.17, 15) is 4.79 Å². The quantitative estimate of drug-likeness (QED) is 0.670. The maximum absolute atomic E-state index is 12.5. The second-order valence-electron chi connectivity index (χ2n) is 5.06. The van der Waals surface area contributed by atoms with E-state index >= 15 is 0 Å². The van der Waals surface area contributed by atoms with E-state index in [4.69, 9.17) is 27.9 Å². The van der Waals surface area contributed by atoms with Crippen LogP contribution in [0, 0.1) is 0 Å². The summed E-state index contributed by atoms with van der Waals surface area (Å²) in [5, 5.41) is 0. The maximum Gasteiger partial charge on any atom is 0.219 e. The minimum atomic E-state index is -1.47. The number of hydrogen-bond donors (Lipinski definition) is 0. The van der Waals surface area contributed by atoms with Crippen molar-refractivity contribution in [2.45, 2.75) is 42.0 Å². The van der Waals surface area contributed by atoms with E-state index in [0.29, 0.717) is 11.3 Å². The molecule has 96 valence electrons. The predicted octanol–water partition coefficient (Wildman–Crippen LogP) is 4.14. The number of benzene rings is 1. The van der Waals surface area contributed by atoms with E-state index in [1.807, 2.05) is 12.1 Å². The van der Waals surface area contributed by atoms with Gasteiger partial charge in [-0.2, -0.15) is 0 Å². The van der Waals surface area contributed by atoms with E-state index in [1.165, 1.54) is 0 Å². The Hall–Kier alpha value is -0.730. The van der Waals surface area contributed by atoms with E-state index < -0.39 is 9.93 Å². The van der Waals surface area contributed by atoms with Crippen molar-refractivity contribution in [1.29, 1.82) is 0 Å². The van der Waals surface area contributed by atoms with Crippen molar-refractivity contribution in [2.24, 2.45) is 0 Å². The second-order valence-corrected chi connectivity index (χ2v) is 6.38. The number of Topliss-reactive ketones (excluding diaryl/α,β-unsaturated/α-hetero) is 1. The molecule has 1 aliphatic heterocycles. The van der Waals surface area contributed by atoms with Crippen molar-refractivity contribution >= 4 is 29.0 Å². The summed E-state index contributed by atoms with van der Waals surface area (Å²) in [6, 6.07) is 7.18. The highest BCUT2D eigenvalue weighted by Gasteiger charge is 2.60. The zero-order valence-electron chi connectivity index (χ0n) is 9.92. The Morgan fingerprint density at radius 3 is 2.44 bits per heavy atom. The molecule has 0 radical (unpaired) electrons. The molecule has 3 rings (SSSR count). The first-order valence-corrected chi connectivity index (χ1v) is 7.03. The fourth-order valence-electron chi connectivity index (χ4n) is 2.93. The Labute approximate surface area is 116 Å². The summed E-state index contributed by atoms with van der Waals surface area (Å²) in [5.41, 5.74) is -0.265. The van der Waals surface area contributed by atoms with Gasteiger partial charge in [-0.15, -0.1) is 0 Å². The topological polar surface area (TPSA) is 26.3 Å². The molecule has 1 heterocycles. The lowest BCUT2D eigenvalue weighted by Gasteiger charge is -2.47. The van der Waals surface area contributed by atoms with Crippen LogP contribution in [0.25, 0.3) is 0 Å². The molecule has 0 aromatic heterocycles. The summed E-state index contributed by atoms with van der Waals surface area (Å²) >= 11 is 12.8. The molecule has 1 aromatic rings. The predicted molar refractivity (Wildman–Crippen MR) is 71.7 cm³/mol. The number of carbonyl (C=O) groups excluding carboxylic acids is 1. The third-order valence-electron chi connectivity index (χ3n) is 3.96. The molecule has 0 saturated heterocycles. The normalized spacial score (nSPS) is 24.4. The van der Waals surface area contributed by atoms with Gasteiger partial charge in [0.05, 0.1) is 5.56 Å². The van der Waals surface area contributed by atoms with Crippen LogP contribution >= 0.6 is 23.2 Å². The van der Waals surface area contributed by atoms with Crippen molar-refractivity contribution in [2.75, 3.05) is 0 Å². The molecule has 2 aliphatic rings. The van der Waals surface area contributed by atoms with Gasteiger partial charge in [-0.05, 0) is 37.8 Å². The van der Waals surface area contributed by atoms with Crippen LogP contribution in [0.15, 0.2) is 24.3 Å². The SMILES string of the molecule is O=C1c2ccccc2OC2(CCCCC2)C1(Cl)Cl. The molecule has 1 aliphatic carbocycles. The molecule has 0 N–H and O–H groups in total. The number of ketones is 1. The molecule has 1 aromatic carbocycles. The number of ether oxygens (including phenoxy) is 1. The van der Waals surface area contributed by atoms with Gasteiger partial charge in [0.2, 0.25) is 10.1 Å². The number of alkyl halides is 2. The van der Waals surface area contributed by atoms with Gasteiger partial charge in [0, 0.05) is 0 Å². The van der Waals surface area contributed by atoms with Crippen LogP contribution in [0.4, 0.5) is 0 Å². The molecule has 0 bridgehead atoms. The van der Waals surface area contributed by atoms with Crippen LogP contribution in [0.3, 0.4) is 0 Å². The van der Waals surface area contributed by atoms with Gasteiger partial charge < -0.3 is 4.74 Å². The Morgan fingerprint density at radius 2 is 1.72 bits per heavy atom. The van der Waals surface area contributed by atoms with Gasteiger partial charge in [0.15, 0.2) is 0 Å². The van der Waals surface area contributed by atoms with Gasteiger partial charge in [-0.1, -0.05) is 41.8 Å². The lowest BCUT2D eigenvalue weighted by molar-refractivity contribution is 0.00658. The van der Waals surface area contributed by atoms with Gasteiger partial charge in [0.25, 0.3) is 0 Å². The maximum atomic E-state index is 12.5. The zero-order chi connectivity index (χ0) is 12.8. The van der Waals surface area contributed by atoms with E-state index in [-0.39, 0.29) is 5.78 Å². The monoisotopic (exact) mass is 284 g/mol. The fourth-order valence-corrected chi connectivity index (χ4v) is 3.59. The zero-order valence-corrected chi connectivity index (χ0v) is 11.4. The molecule has 0 atom stereocenters. The number of fused-ring (bicyclic) bond motifs is 1. The van der Waals surface area contributed by atoms with Crippen LogP contribution < -0.4 is 4.74 Å². The third kappa shape index (κ3) is 1.59. The molecule has 0 amide bonds. The molecule has 2 nitrogen and oxygen atoms in total. The highest BCUT2D eigenvalue weighted by molar-refractivity contribution is 6.61. The van der Waals surface area contributed by atoms with Crippen molar-refractivity contribution < 1.29 is 9.53 Å². The van der Waals surface area contributed by atoms with Crippen LogP contribution in [0.2, 0.25) is 0 Å². The van der Waals surface area contributed by atoms with Crippen LogP contribution in [-0.2, 0) is 0 Å². The summed E-state index contributed by atoms with van der Waals surface area (Å²) in [5.74, 6) is 0.385. The Balaban J connectivity index is 2.11. The summed E-state index contributed by atoms with van der Waals surface area (Å²) < 4.78 is 4.59. The third-order valence-corrected chi connectivity index (χ3v) is 4.99. The number of rotatable bonds is 0. The van der Waals surface area contributed by atoms with Crippen molar-refractivity contribution in [3.8, 4) is 5.75 Å². The largest absolute Gasteiger partial charge is 0.483 e. The first-order valence-electron chi connectivity index (χ1n) is 6.27. The molecule has 1 fully saturated rings. The molecule has 18 heavy (non-hydrogen) atoms. The summed E-state index contributed by atoms with van der Waals surface area (Å²) in [6.07, 6.45) is 4.61. The number of hydrogen-bond acceptors (Lipinski definition) is 2. The first kappa shape index (κ1) is 12.3. The minimum absolute atomic E-state index is 0.227. The van der Waals surface area contributed by atoms with Gasteiger partial charge in [-0.25, -0.2) is 0 Å². The summed E-state index contributed by atoms with van der Waals surface area (Å²) in [7, 11) is 0. The van der Waals surface area contributed by atoms with Crippen LogP contribution in [0.5, 0.6) is 5.75 Å². The van der Waals surface area contributed by atoms with E-state index in [2.05, 4.69) is 0 Å². The number of carbonyl (C=O) groups is 1. The first-order chi connectivity index (χ1) is 8.57. The van der Waals surface area contributed by atoms with Gasteiger partial charge >= 0.3 is 0 Å². The number of halogens is 2. The molecular formula is C14H14Cl2O2. The lowest BCUT2D eigenvalue weighted by atomic mass is 9.77. The highest BCUT2D eigenvalue weighted by Crippen LogP contribution is 2.52. The van der Waals surface area contributed by atoms with Crippen molar-refractivity contribution in [1.82, 2.24) is 0 Å². The highest BCUT2D eigenvalue weighted by atomic mass is 35.5. The molecule has 4 heteroatoms. The molecule has 1 saturated carbocycles. The molecule has 1 spiro atoms. The van der Waals surface area contributed by atoms with Gasteiger partial charge in [0.1, 0.15) is 11.4 Å². The number of para-hydroxylation sites is 1. The minimum Gasteiger partial charge on any atom is -0.483 e. The Kier molecular flexibility index (Phi) is 2.83.